The molecule has 0 saturated heterocycles. The maximum absolute atomic E-state index is 9.16. The van der Waals surface area contributed by atoms with E-state index in [0.717, 1.165) is 11.1 Å². The van der Waals surface area contributed by atoms with Gasteiger partial charge in [-0.25, -0.2) is 0 Å². The van der Waals surface area contributed by atoms with Crippen molar-refractivity contribution >= 4 is 5.88 Å². The third-order valence-electron chi connectivity index (χ3n) is 3.05. The number of anilines is 1. The van der Waals surface area contributed by atoms with E-state index in [0.29, 0.717) is 18.3 Å². The average molecular weight is 275 g/mol. The van der Waals surface area contributed by atoms with Crippen LogP contribution < -0.4 is 5.32 Å². The molecule has 0 radical (unpaired) electrons. The van der Waals surface area contributed by atoms with Crippen LogP contribution in [0.4, 0.5) is 5.88 Å². The van der Waals surface area contributed by atoms with Crippen LogP contribution in [-0.4, -0.2) is 4.98 Å². The second-order valence-corrected chi connectivity index (χ2v) is 4.51. The molecule has 1 aromatic heterocycles. The Kier molecular flexibility index (Phi) is 3.66. The maximum atomic E-state index is 9.16. The molecule has 0 aliphatic carbocycles. The van der Waals surface area contributed by atoms with Crippen LogP contribution in [0, 0.1) is 11.3 Å². The lowest BCUT2D eigenvalue weighted by atomic mass is 10.2. The van der Waals surface area contributed by atoms with Gasteiger partial charge in [-0.2, -0.15) is 10.2 Å². The van der Waals surface area contributed by atoms with Gasteiger partial charge in [0.15, 0.2) is 0 Å². The average Bonchev–Trinajstić information content (AvgIpc) is 2.98. The van der Waals surface area contributed by atoms with Crippen molar-refractivity contribution in [1.29, 1.82) is 5.26 Å². The van der Waals surface area contributed by atoms with Crippen LogP contribution in [0.1, 0.15) is 11.3 Å². The highest BCUT2D eigenvalue weighted by Crippen LogP contribution is 2.25. The second kappa shape index (κ2) is 5.93. The molecule has 0 aliphatic heterocycles. The SMILES string of the molecule is N#Cc1nc(-c2ccccc2)oc1NCc1ccccc1. The molecule has 0 unspecified atom stereocenters. The lowest BCUT2D eigenvalue weighted by molar-refractivity contribution is 0.585. The number of nitrogens with one attached hydrogen (secondary N) is 1. The third kappa shape index (κ3) is 2.93. The lowest BCUT2D eigenvalue weighted by Crippen LogP contribution is -1.99. The Morgan fingerprint density at radius 1 is 1.00 bits per heavy atom. The summed E-state index contributed by atoms with van der Waals surface area (Å²) in [7, 11) is 0. The third-order valence-corrected chi connectivity index (χ3v) is 3.05. The summed E-state index contributed by atoms with van der Waals surface area (Å²) in [6, 6.07) is 21.5. The summed E-state index contributed by atoms with van der Waals surface area (Å²) in [6.07, 6.45) is 0. The van der Waals surface area contributed by atoms with E-state index in [1.165, 1.54) is 0 Å². The Morgan fingerprint density at radius 2 is 1.67 bits per heavy atom. The van der Waals surface area contributed by atoms with Crippen LogP contribution >= 0.6 is 0 Å². The number of hydrogen-bond donors (Lipinski definition) is 1. The Bertz CT molecular complexity index is 758. The number of nitriles is 1. The topological polar surface area (TPSA) is 61.9 Å². The fraction of sp³-hybridized carbons (Fsp3) is 0.0588. The van der Waals surface area contributed by atoms with Crippen molar-refractivity contribution in [3.63, 3.8) is 0 Å². The summed E-state index contributed by atoms with van der Waals surface area (Å²) in [6.45, 7) is 0.582. The number of benzene rings is 2. The molecule has 0 fully saturated rings. The number of oxazole rings is 1. The van der Waals surface area contributed by atoms with Gasteiger partial charge in [0.2, 0.25) is 17.5 Å². The summed E-state index contributed by atoms with van der Waals surface area (Å²) in [5, 5.41) is 12.3. The molecular weight excluding hydrogens is 262 g/mol. The molecular formula is C17H13N3O. The highest BCUT2D eigenvalue weighted by atomic mass is 16.4. The molecule has 4 heteroatoms. The Morgan fingerprint density at radius 3 is 2.33 bits per heavy atom. The molecule has 4 nitrogen and oxygen atoms in total. The van der Waals surface area contributed by atoms with Crippen molar-refractivity contribution in [3.8, 4) is 17.5 Å². The quantitative estimate of drug-likeness (QED) is 0.786. The van der Waals surface area contributed by atoms with E-state index in [-0.39, 0.29) is 5.69 Å². The first-order valence-electron chi connectivity index (χ1n) is 6.61. The number of nitrogens with zero attached hydrogens (tertiary/aromatic N) is 2. The molecule has 21 heavy (non-hydrogen) atoms. The first kappa shape index (κ1) is 12.9. The van der Waals surface area contributed by atoms with E-state index in [2.05, 4.69) is 16.4 Å². The van der Waals surface area contributed by atoms with Crippen LogP contribution in [0.25, 0.3) is 11.5 Å². The van der Waals surface area contributed by atoms with Crippen molar-refractivity contribution in [3.05, 3.63) is 71.9 Å². The van der Waals surface area contributed by atoms with Gasteiger partial charge >= 0.3 is 0 Å². The zero-order valence-corrected chi connectivity index (χ0v) is 11.3. The molecule has 102 valence electrons. The van der Waals surface area contributed by atoms with Gasteiger partial charge in [0.05, 0.1) is 0 Å². The highest BCUT2D eigenvalue weighted by molar-refractivity contribution is 5.58. The minimum atomic E-state index is 0.268. The number of rotatable bonds is 4. The maximum Gasteiger partial charge on any atom is 0.232 e. The van der Waals surface area contributed by atoms with Gasteiger partial charge in [-0.3, -0.25) is 0 Å². The van der Waals surface area contributed by atoms with Gasteiger partial charge < -0.3 is 9.73 Å². The van der Waals surface area contributed by atoms with Gasteiger partial charge in [-0.15, -0.1) is 0 Å². The van der Waals surface area contributed by atoms with Crippen LogP contribution in [-0.2, 0) is 6.54 Å². The van der Waals surface area contributed by atoms with Crippen LogP contribution in [0.2, 0.25) is 0 Å². The Balaban J connectivity index is 1.82. The van der Waals surface area contributed by atoms with Gasteiger partial charge in [-0.05, 0) is 17.7 Å². The second-order valence-electron chi connectivity index (χ2n) is 4.51. The van der Waals surface area contributed by atoms with Crippen molar-refractivity contribution in [2.24, 2.45) is 0 Å². The summed E-state index contributed by atoms with van der Waals surface area (Å²) < 4.78 is 5.67. The molecule has 0 saturated carbocycles. The zero-order valence-electron chi connectivity index (χ0n) is 11.3. The Labute approximate surface area is 122 Å². The van der Waals surface area contributed by atoms with Crippen molar-refractivity contribution < 1.29 is 4.42 Å². The molecule has 2 aromatic carbocycles. The van der Waals surface area contributed by atoms with E-state index in [1.807, 2.05) is 60.7 Å². The molecule has 0 spiro atoms. The monoisotopic (exact) mass is 275 g/mol. The lowest BCUT2D eigenvalue weighted by Gasteiger charge is -2.02. The molecule has 3 rings (SSSR count). The van der Waals surface area contributed by atoms with Crippen LogP contribution in [0.15, 0.2) is 65.1 Å². The summed E-state index contributed by atoms with van der Waals surface area (Å²) in [5.74, 6) is 0.850. The summed E-state index contributed by atoms with van der Waals surface area (Å²) in [5.41, 5.74) is 2.23. The van der Waals surface area contributed by atoms with Crippen molar-refractivity contribution in [1.82, 2.24) is 4.98 Å². The summed E-state index contributed by atoms with van der Waals surface area (Å²) in [4.78, 5) is 4.22. The standard InChI is InChI=1S/C17H13N3O/c18-11-15-17(19-12-13-7-3-1-4-8-13)21-16(20-15)14-9-5-2-6-10-14/h1-10,19H,12H2. The number of hydrogen-bond acceptors (Lipinski definition) is 4. The highest BCUT2D eigenvalue weighted by Gasteiger charge is 2.13. The number of aromatic nitrogens is 1. The fourth-order valence-electron chi connectivity index (χ4n) is 2.00. The van der Waals surface area contributed by atoms with E-state index < -0.39 is 0 Å². The Hall–Kier alpha value is -3.06. The van der Waals surface area contributed by atoms with Gasteiger partial charge in [0.1, 0.15) is 6.07 Å². The molecule has 3 aromatic rings. The molecule has 1 heterocycles. The van der Waals surface area contributed by atoms with Crippen molar-refractivity contribution in [2.45, 2.75) is 6.54 Å². The molecule has 0 amide bonds. The van der Waals surface area contributed by atoms with Gasteiger partial charge in [0, 0.05) is 12.1 Å². The van der Waals surface area contributed by atoms with E-state index in [4.69, 9.17) is 9.68 Å². The van der Waals surface area contributed by atoms with Crippen LogP contribution in [0.5, 0.6) is 0 Å². The zero-order chi connectivity index (χ0) is 14.5. The molecule has 0 bridgehead atoms. The normalized spacial score (nSPS) is 10.0. The predicted octanol–water partition coefficient (Wildman–Crippen LogP) is 3.83. The minimum absolute atomic E-state index is 0.268. The smallest absolute Gasteiger partial charge is 0.232 e. The molecule has 0 atom stereocenters. The van der Waals surface area contributed by atoms with Crippen molar-refractivity contribution in [2.75, 3.05) is 5.32 Å². The first-order chi connectivity index (χ1) is 10.4. The van der Waals surface area contributed by atoms with E-state index in [1.54, 1.807) is 0 Å². The first-order valence-corrected chi connectivity index (χ1v) is 6.61. The summed E-state index contributed by atoms with van der Waals surface area (Å²) >= 11 is 0. The van der Waals surface area contributed by atoms with Gasteiger partial charge in [-0.1, -0.05) is 48.5 Å². The fourth-order valence-corrected chi connectivity index (χ4v) is 2.00. The van der Waals surface area contributed by atoms with E-state index in [9.17, 15) is 0 Å². The largest absolute Gasteiger partial charge is 0.419 e. The van der Waals surface area contributed by atoms with E-state index >= 15 is 0 Å². The predicted molar refractivity (Wildman–Crippen MR) is 80.4 cm³/mol. The molecule has 0 aliphatic rings. The van der Waals surface area contributed by atoms with Gasteiger partial charge in [0.25, 0.3) is 0 Å². The van der Waals surface area contributed by atoms with Crippen LogP contribution in [0.3, 0.4) is 0 Å². The minimum Gasteiger partial charge on any atom is -0.419 e. The molecule has 1 N–H and O–H groups in total.